The van der Waals surface area contributed by atoms with Gasteiger partial charge in [-0.1, -0.05) is 36.4 Å². The minimum absolute atomic E-state index is 0.0144. The Morgan fingerprint density at radius 2 is 1.43 bits per heavy atom. The van der Waals surface area contributed by atoms with Crippen LogP contribution in [0.2, 0.25) is 0 Å². The Bertz CT molecular complexity index is 1580. The molecule has 4 nitrogen and oxygen atoms in total. The van der Waals surface area contributed by atoms with E-state index >= 15 is 0 Å². The molecule has 0 aliphatic rings. The van der Waals surface area contributed by atoms with Crippen LogP contribution in [0.15, 0.2) is 103 Å². The molecule has 1 amide bonds. The average molecular weight is 472 g/mol. The summed E-state index contributed by atoms with van der Waals surface area (Å²) in [5.41, 5.74) is 5.47. The molecule has 35 heavy (non-hydrogen) atoms. The Kier molecular flexibility index (Phi) is 5.74. The third-order valence-electron chi connectivity index (χ3n) is 5.66. The van der Waals surface area contributed by atoms with Crippen LogP contribution >= 0.6 is 0 Å². The number of hydrogen-bond acceptors (Lipinski definition) is 2. The lowest BCUT2D eigenvalue weighted by atomic mass is 10.0. The van der Waals surface area contributed by atoms with Gasteiger partial charge in [0.1, 0.15) is 5.75 Å². The number of benzene rings is 4. The molecule has 0 aliphatic carbocycles. The number of fused-ring (bicyclic) bond motifs is 3. The molecule has 7 heteroatoms. The fourth-order valence-electron chi connectivity index (χ4n) is 4.19. The van der Waals surface area contributed by atoms with E-state index in [4.69, 9.17) is 0 Å². The summed E-state index contributed by atoms with van der Waals surface area (Å²) in [5.74, 6) is -0.141. The van der Waals surface area contributed by atoms with Crippen LogP contribution in [-0.2, 0) is 4.79 Å². The number of nitrogens with zero attached hydrogens (tertiary/aromatic N) is 1. The summed E-state index contributed by atoms with van der Waals surface area (Å²) in [6.07, 6.45) is -2.50. The van der Waals surface area contributed by atoms with Gasteiger partial charge < -0.3 is 14.6 Å². The van der Waals surface area contributed by atoms with Gasteiger partial charge in [0.25, 0.3) is 0 Å². The second-order valence-corrected chi connectivity index (χ2v) is 7.97. The maximum Gasteiger partial charge on any atom is 0.344 e. The largest absolute Gasteiger partial charge is 0.428 e. The molecule has 174 valence electrons. The van der Waals surface area contributed by atoms with E-state index in [9.17, 15) is 18.0 Å². The minimum atomic E-state index is -2.50. The summed E-state index contributed by atoms with van der Waals surface area (Å²) >= 11 is 0. The third kappa shape index (κ3) is 4.36. The molecule has 0 saturated heterocycles. The summed E-state index contributed by atoms with van der Waals surface area (Å²) in [7, 11) is 0. The van der Waals surface area contributed by atoms with Crippen LogP contribution in [0.5, 0.6) is 5.75 Å². The molecule has 0 unspecified atom stereocenters. The summed E-state index contributed by atoms with van der Waals surface area (Å²) in [6, 6.07) is 26.2. The third-order valence-corrected chi connectivity index (χ3v) is 5.66. The topological polar surface area (TPSA) is 43.3 Å². The Hall–Kier alpha value is -4.52. The van der Waals surface area contributed by atoms with Crippen molar-refractivity contribution >= 4 is 33.4 Å². The van der Waals surface area contributed by atoms with E-state index in [2.05, 4.69) is 32.8 Å². The van der Waals surface area contributed by atoms with Crippen LogP contribution in [0.25, 0.3) is 38.6 Å². The van der Waals surface area contributed by atoms with Gasteiger partial charge >= 0.3 is 12.1 Å². The van der Waals surface area contributed by atoms with Crippen molar-refractivity contribution in [3.63, 3.8) is 0 Å². The van der Waals surface area contributed by atoms with E-state index < -0.39 is 12.1 Å². The monoisotopic (exact) mass is 472 g/mol. The van der Waals surface area contributed by atoms with Gasteiger partial charge in [-0.25, -0.2) is 0 Å². The zero-order valence-electron chi connectivity index (χ0n) is 18.6. The molecule has 0 spiro atoms. The minimum Gasteiger partial charge on any atom is -0.428 e. The maximum atomic E-state index is 13.1. The van der Waals surface area contributed by atoms with E-state index in [1.54, 1.807) is 12.1 Å². The first-order valence-corrected chi connectivity index (χ1v) is 10.8. The number of nitrogens with one attached hydrogen (secondary N) is 1. The van der Waals surface area contributed by atoms with E-state index in [0.29, 0.717) is 0 Å². The quantitative estimate of drug-likeness (QED) is 0.265. The first-order chi connectivity index (χ1) is 16.9. The van der Waals surface area contributed by atoms with Gasteiger partial charge in [0.05, 0.1) is 11.0 Å². The molecule has 0 fully saturated rings. The SMILES string of the molecule is CC(=O)Nc1ccc(-n2c3ccccc3c3cc(-c4ccc(OC(F)=C(F)F)cc4)ccc32)cc1. The first-order valence-electron chi connectivity index (χ1n) is 10.8. The molecule has 1 aromatic heterocycles. The van der Waals surface area contributed by atoms with Crippen LogP contribution in [0.3, 0.4) is 0 Å². The highest BCUT2D eigenvalue weighted by Crippen LogP contribution is 2.35. The number of halogens is 3. The molecule has 5 rings (SSSR count). The van der Waals surface area contributed by atoms with Crippen molar-refractivity contribution < 1.29 is 22.7 Å². The molecular formula is C28H19F3N2O2. The second-order valence-electron chi connectivity index (χ2n) is 7.97. The zero-order chi connectivity index (χ0) is 24.5. The number of amides is 1. The Labute approximate surface area is 198 Å². The van der Waals surface area contributed by atoms with E-state index in [0.717, 1.165) is 44.3 Å². The van der Waals surface area contributed by atoms with Gasteiger partial charge in [-0.3, -0.25) is 4.79 Å². The Morgan fingerprint density at radius 1 is 0.771 bits per heavy atom. The summed E-state index contributed by atoms with van der Waals surface area (Å²) in [5, 5.41) is 4.89. The number of carbonyl (C=O) groups excluding carboxylic acids is 1. The van der Waals surface area contributed by atoms with Crippen molar-refractivity contribution in [3.05, 3.63) is 103 Å². The lowest BCUT2D eigenvalue weighted by Crippen LogP contribution is -2.05. The number of aromatic nitrogens is 1. The highest BCUT2D eigenvalue weighted by molar-refractivity contribution is 6.10. The summed E-state index contributed by atoms with van der Waals surface area (Å²) in [4.78, 5) is 11.3. The predicted octanol–water partition coefficient (Wildman–Crippen LogP) is 7.82. The first kappa shape index (κ1) is 22.3. The van der Waals surface area contributed by atoms with Gasteiger partial charge in [0.2, 0.25) is 5.91 Å². The number of carbonyl (C=O) groups is 1. The zero-order valence-corrected chi connectivity index (χ0v) is 18.6. The molecule has 0 radical (unpaired) electrons. The molecule has 0 saturated carbocycles. The van der Waals surface area contributed by atoms with Gasteiger partial charge in [-0.15, -0.1) is 0 Å². The summed E-state index contributed by atoms with van der Waals surface area (Å²) in [6.45, 7) is 1.47. The van der Waals surface area contributed by atoms with Crippen LogP contribution in [-0.4, -0.2) is 10.5 Å². The smallest absolute Gasteiger partial charge is 0.344 e. The maximum absolute atomic E-state index is 13.1. The number of anilines is 1. The number of rotatable bonds is 5. The molecule has 0 aliphatic heterocycles. The Morgan fingerprint density at radius 3 is 2.11 bits per heavy atom. The van der Waals surface area contributed by atoms with E-state index in [1.165, 1.54) is 19.1 Å². The summed E-state index contributed by atoms with van der Waals surface area (Å²) < 4.78 is 44.3. The van der Waals surface area contributed by atoms with Crippen molar-refractivity contribution in [2.24, 2.45) is 0 Å². The molecule has 5 aromatic rings. The van der Waals surface area contributed by atoms with Crippen molar-refractivity contribution in [2.45, 2.75) is 6.92 Å². The lowest BCUT2D eigenvalue weighted by Gasteiger charge is -2.10. The Balaban J connectivity index is 1.57. The molecule has 1 N–H and O–H groups in total. The van der Waals surface area contributed by atoms with Crippen LogP contribution in [0.4, 0.5) is 18.9 Å². The molecule has 0 bridgehead atoms. The fourth-order valence-corrected chi connectivity index (χ4v) is 4.19. The number of para-hydroxylation sites is 1. The van der Waals surface area contributed by atoms with Gasteiger partial charge in [0.15, 0.2) is 0 Å². The van der Waals surface area contributed by atoms with Crippen molar-refractivity contribution in [1.29, 1.82) is 0 Å². The second kappa shape index (κ2) is 9.02. The standard InChI is InChI=1S/C28H19F3N2O2/c1-17(34)32-20-9-11-21(12-10-20)33-25-5-3-2-4-23(25)24-16-19(8-15-26(24)33)18-6-13-22(14-7-18)35-28(31)27(29)30/h2-16H,1H3,(H,32,34). The fraction of sp³-hybridized carbons (Fsp3) is 0.0357. The molecule has 1 heterocycles. The van der Waals surface area contributed by atoms with Gasteiger partial charge in [-0.05, 0) is 65.7 Å². The van der Waals surface area contributed by atoms with Gasteiger partial charge in [-0.2, -0.15) is 13.2 Å². The van der Waals surface area contributed by atoms with E-state index in [1.807, 2.05) is 48.5 Å². The van der Waals surface area contributed by atoms with Crippen molar-refractivity contribution in [2.75, 3.05) is 5.32 Å². The van der Waals surface area contributed by atoms with Crippen molar-refractivity contribution in [3.8, 4) is 22.6 Å². The lowest BCUT2D eigenvalue weighted by molar-refractivity contribution is -0.114. The highest BCUT2D eigenvalue weighted by Gasteiger charge is 2.14. The predicted molar refractivity (Wildman–Crippen MR) is 131 cm³/mol. The molecular weight excluding hydrogens is 453 g/mol. The molecule has 0 atom stereocenters. The van der Waals surface area contributed by atoms with Crippen LogP contribution in [0.1, 0.15) is 6.92 Å². The van der Waals surface area contributed by atoms with Crippen LogP contribution in [0, 0.1) is 0 Å². The normalized spacial score (nSPS) is 11.0. The van der Waals surface area contributed by atoms with Gasteiger partial charge in [0, 0.05) is 29.1 Å². The highest BCUT2D eigenvalue weighted by atomic mass is 19.3. The van der Waals surface area contributed by atoms with Crippen molar-refractivity contribution in [1.82, 2.24) is 4.57 Å². The van der Waals surface area contributed by atoms with Crippen LogP contribution < -0.4 is 10.1 Å². The van der Waals surface area contributed by atoms with E-state index in [-0.39, 0.29) is 11.7 Å². The number of ether oxygens (including phenoxy) is 1. The average Bonchev–Trinajstić information content (AvgIpc) is 3.18. The number of hydrogen-bond donors (Lipinski definition) is 1. The molecule has 4 aromatic carbocycles.